The average molecular weight is 241 g/mol. The normalized spacial score (nSPS) is 11.3. The summed E-state index contributed by atoms with van der Waals surface area (Å²) in [7, 11) is 2.06. The first-order valence-corrected chi connectivity index (χ1v) is 6.48. The van der Waals surface area contributed by atoms with Gasteiger partial charge in [0.15, 0.2) is 0 Å². The SMILES string of the molecule is CCC(CC)N(C)Cc1ccsc1C(=O)O. The van der Waals surface area contributed by atoms with E-state index in [9.17, 15) is 4.79 Å². The Bertz CT molecular complexity index is 345. The van der Waals surface area contributed by atoms with Crippen molar-refractivity contribution in [3.8, 4) is 0 Å². The molecule has 0 atom stereocenters. The third-order valence-electron chi connectivity index (χ3n) is 2.93. The second-order valence-electron chi connectivity index (χ2n) is 3.97. The molecule has 0 saturated carbocycles. The van der Waals surface area contributed by atoms with Gasteiger partial charge in [0.25, 0.3) is 0 Å². The molecule has 0 aliphatic carbocycles. The number of nitrogens with zero attached hydrogens (tertiary/aromatic N) is 1. The van der Waals surface area contributed by atoms with Crippen molar-refractivity contribution < 1.29 is 9.90 Å². The average Bonchev–Trinajstić information content (AvgIpc) is 2.67. The van der Waals surface area contributed by atoms with Gasteiger partial charge in [-0.15, -0.1) is 11.3 Å². The summed E-state index contributed by atoms with van der Waals surface area (Å²) in [6.07, 6.45) is 2.19. The van der Waals surface area contributed by atoms with Crippen molar-refractivity contribution in [1.29, 1.82) is 0 Å². The minimum atomic E-state index is -0.817. The topological polar surface area (TPSA) is 40.5 Å². The van der Waals surface area contributed by atoms with Gasteiger partial charge in [-0.1, -0.05) is 13.8 Å². The molecular weight excluding hydrogens is 222 g/mol. The van der Waals surface area contributed by atoms with Crippen LogP contribution in [0, 0.1) is 0 Å². The van der Waals surface area contributed by atoms with E-state index in [1.54, 1.807) is 0 Å². The lowest BCUT2D eigenvalue weighted by Crippen LogP contribution is -2.30. The summed E-state index contributed by atoms with van der Waals surface area (Å²) in [6.45, 7) is 5.05. The molecule has 0 spiro atoms. The summed E-state index contributed by atoms with van der Waals surface area (Å²) < 4.78 is 0. The Labute approximate surface area is 101 Å². The molecule has 0 fully saturated rings. The van der Waals surface area contributed by atoms with Crippen LogP contribution in [0.4, 0.5) is 0 Å². The van der Waals surface area contributed by atoms with Gasteiger partial charge >= 0.3 is 5.97 Å². The standard InChI is InChI=1S/C12H19NO2S/c1-4-10(5-2)13(3)8-9-6-7-16-11(9)12(14)15/h6-7,10H,4-5,8H2,1-3H3,(H,14,15). The van der Waals surface area contributed by atoms with Crippen LogP contribution in [0.1, 0.15) is 41.9 Å². The maximum absolute atomic E-state index is 11.0. The molecule has 16 heavy (non-hydrogen) atoms. The van der Waals surface area contributed by atoms with Crippen molar-refractivity contribution in [2.24, 2.45) is 0 Å². The van der Waals surface area contributed by atoms with Gasteiger partial charge in [-0.3, -0.25) is 4.90 Å². The Hall–Kier alpha value is -0.870. The van der Waals surface area contributed by atoms with Gasteiger partial charge in [-0.2, -0.15) is 0 Å². The predicted octanol–water partition coefficient (Wildman–Crippen LogP) is 3.07. The van der Waals surface area contributed by atoms with Crippen LogP contribution in [0.5, 0.6) is 0 Å². The van der Waals surface area contributed by atoms with Gasteiger partial charge in [0.05, 0.1) is 0 Å². The molecule has 0 unspecified atom stereocenters. The third kappa shape index (κ3) is 3.06. The summed E-state index contributed by atoms with van der Waals surface area (Å²) in [5.41, 5.74) is 0.923. The lowest BCUT2D eigenvalue weighted by atomic mass is 10.1. The van der Waals surface area contributed by atoms with Crippen LogP contribution in [-0.2, 0) is 6.54 Å². The van der Waals surface area contributed by atoms with E-state index in [0.717, 1.165) is 24.9 Å². The molecule has 1 aromatic heterocycles. The van der Waals surface area contributed by atoms with Crippen molar-refractivity contribution in [1.82, 2.24) is 4.90 Å². The molecule has 0 saturated heterocycles. The number of carbonyl (C=O) groups is 1. The van der Waals surface area contributed by atoms with Gasteiger partial charge in [0, 0.05) is 12.6 Å². The van der Waals surface area contributed by atoms with Crippen molar-refractivity contribution >= 4 is 17.3 Å². The number of carboxylic acids is 1. The summed E-state index contributed by atoms with van der Waals surface area (Å²) in [6, 6.07) is 2.44. The van der Waals surface area contributed by atoms with E-state index in [0.29, 0.717) is 10.9 Å². The molecule has 1 rings (SSSR count). The number of hydrogen-bond donors (Lipinski definition) is 1. The van der Waals surface area contributed by atoms with Crippen LogP contribution in [0.15, 0.2) is 11.4 Å². The molecule has 0 aromatic carbocycles. The van der Waals surface area contributed by atoms with E-state index in [4.69, 9.17) is 5.11 Å². The zero-order valence-corrected chi connectivity index (χ0v) is 10.9. The minimum Gasteiger partial charge on any atom is -0.477 e. The monoisotopic (exact) mass is 241 g/mol. The Morgan fingerprint density at radius 2 is 2.12 bits per heavy atom. The van der Waals surface area contributed by atoms with Crippen molar-refractivity contribution in [2.45, 2.75) is 39.3 Å². The Kier molecular flexibility index (Phi) is 4.96. The van der Waals surface area contributed by atoms with E-state index in [-0.39, 0.29) is 0 Å². The molecule has 0 aliphatic rings. The Morgan fingerprint density at radius 3 is 2.62 bits per heavy atom. The minimum absolute atomic E-state index is 0.470. The molecule has 3 nitrogen and oxygen atoms in total. The van der Waals surface area contributed by atoms with Crippen LogP contribution in [-0.4, -0.2) is 29.1 Å². The van der Waals surface area contributed by atoms with Crippen molar-refractivity contribution in [3.63, 3.8) is 0 Å². The molecule has 0 radical (unpaired) electrons. The highest BCUT2D eigenvalue weighted by Crippen LogP contribution is 2.20. The zero-order chi connectivity index (χ0) is 12.1. The number of hydrogen-bond acceptors (Lipinski definition) is 3. The first-order valence-electron chi connectivity index (χ1n) is 5.60. The van der Waals surface area contributed by atoms with E-state index in [1.165, 1.54) is 11.3 Å². The number of rotatable bonds is 6. The van der Waals surface area contributed by atoms with Crippen LogP contribution >= 0.6 is 11.3 Å². The van der Waals surface area contributed by atoms with Crippen molar-refractivity contribution in [2.75, 3.05) is 7.05 Å². The summed E-state index contributed by atoms with van der Waals surface area (Å²) in [5, 5.41) is 10.9. The van der Waals surface area contributed by atoms with Crippen LogP contribution < -0.4 is 0 Å². The molecule has 1 N–H and O–H groups in total. The second kappa shape index (κ2) is 6.01. The van der Waals surface area contributed by atoms with Gasteiger partial charge in [-0.25, -0.2) is 4.79 Å². The lowest BCUT2D eigenvalue weighted by Gasteiger charge is -2.25. The highest BCUT2D eigenvalue weighted by Gasteiger charge is 2.16. The summed E-state index contributed by atoms with van der Waals surface area (Å²) >= 11 is 1.30. The number of thiophene rings is 1. The molecule has 1 heterocycles. The summed E-state index contributed by atoms with van der Waals surface area (Å²) in [5.74, 6) is -0.817. The zero-order valence-electron chi connectivity index (χ0n) is 10.1. The first-order chi connectivity index (χ1) is 7.60. The molecule has 0 bridgehead atoms. The van der Waals surface area contributed by atoms with Crippen molar-refractivity contribution in [3.05, 3.63) is 21.9 Å². The van der Waals surface area contributed by atoms with E-state index >= 15 is 0 Å². The summed E-state index contributed by atoms with van der Waals surface area (Å²) in [4.78, 5) is 13.7. The van der Waals surface area contributed by atoms with Gasteiger partial charge in [0.1, 0.15) is 4.88 Å². The fourth-order valence-electron chi connectivity index (χ4n) is 1.96. The lowest BCUT2D eigenvalue weighted by molar-refractivity contribution is 0.0699. The molecule has 1 aromatic rings. The van der Waals surface area contributed by atoms with Crippen LogP contribution in [0.2, 0.25) is 0 Å². The fourth-order valence-corrected chi connectivity index (χ4v) is 2.71. The highest BCUT2D eigenvalue weighted by atomic mass is 32.1. The van der Waals surface area contributed by atoms with Gasteiger partial charge in [-0.05, 0) is 36.9 Å². The number of aromatic carboxylic acids is 1. The Balaban J connectivity index is 2.72. The highest BCUT2D eigenvalue weighted by molar-refractivity contribution is 7.12. The second-order valence-corrected chi connectivity index (χ2v) is 4.88. The van der Waals surface area contributed by atoms with Crippen LogP contribution in [0.3, 0.4) is 0 Å². The smallest absolute Gasteiger partial charge is 0.346 e. The van der Waals surface area contributed by atoms with E-state index in [2.05, 4.69) is 25.8 Å². The molecule has 90 valence electrons. The molecule has 4 heteroatoms. The largest absolute Gasteiger partial charge is 0.477 e. The van der Waals surface area contributed by atoms with E-state index in [1.807, 2.05) is 11.4 Å². The van der Waals surface area contributed by atoms with Gasteiger partial charge in [0.2, 0.25) is 0 Å². The predicted molar refractivity (Wildman–Crippen MR) is 67.1 cm³/mol. The molecule has 0 aliphatic heterocycles. The maximum Gasteiger partial charge on any atom is 0.346 e. The maximum atomic E-state index is 11.0. The molecule has 0 amide bonds. The van der Waals surface area contributed by atoms with Gasteiger partial charge < -0.3 is 5.11 Å². The first kappa shape index (κ1) is 13.2. The van der Waals surface area contributed by atoms with E-state index < -0.39 is 5.97 Å². The molecular formula is C12H19NO2S. The number of carboxylic acid groups (broad SMARTS) is 1. The quantitative estimate of drug-likeness (QED) is 0.832. The Morgan fingerprint density at radius 1 is 1.50 bits per heavy atom. The van der Waals surface area contributed by atoms with Crippen LogP contribution in [0.25, 0.3) is 0 Å². The fraction of sp³-hybridized carbons (Fsp3) is 0.583. The third-order valence-corrected chi connectivity index (χ3v) is 3.87.